The summed E-state index contributed by atoms with van der Waals surface area (Å²) in [6.07, 6.45) is 3.70. The van der Waals surface area contributed by atoms with Gasteiger partial charge >= 0.3 is 0 Å². The number of fused-ring (bicyclic) bond motifs is 10. The van der Waals surface area contributed by atoms with Crippen molar-refractivity contribution in [3.05, 3.63) is 146 Å². The van der Waals surface area contributed by atoms with Crippen LogP contribution in [0.2, 0.25) is 0 Å². The third-order valence-corrected chi connectivity index (χ3v) is 9.92. The van der Waals surface area contributed by atoms with E-state index in [-0.39, 0.29) is 0 Å². The van der Waals surface area contributed by atoms with Gasteiger partial charge in [-0.25, -0.2) is 0 Å². The van der Waals surface area contributed by atoms with Crippen LogP contribution in [0.15, 0.2) is 155 Å². The maximum absolute atomic E-state index is 6.90. The van der Waals surface area contributed by atoms with Crippen molar-refractivity contribution in [2.45, 2.75) is 0 Å². The van der Waals surface area contributed by atoms with Crippen LogP contribution in [0.3, 0.4) is 0 Å². The van der Waals surface area contributed by atoms with Crippen molar-refractivity contribution < 1.29 is 8.83 Å². The molecule has 4 heteroatoms. The maximum atomic E-state index is 6.90. The van der Waals surface area contributed by atoms with Gasteiger partial charge in [0, 0.05) is 55.5 Å². The predicted octanol–water partition coefficient (Wildman–Crippen LogP) is 12.2. The average molecular weight is 613 g/mol. The molecule has 11 rings (SSSR count). The van der Waals surface area contributed by atoms with E-state index in [1.54, 1.807) is 0 Å². The molecule has 222 valence electrons. The van der Waals surface area contributed by atoms with Crippen LogP contribution >= 0.6 is 0 Å². The van der Waals surface area contributed by atoms with Gasteiger partial charge in [-0.15, -0.1) is 0 Å². The van der Waals surface area contributed by atoms with Crippen LogP contribution in [-0.2, 0) is 0 Å². The Balaban J connectivity index is 1.41. The lowest BCUT2D eigenvalue weighted by Crippen LogP contribution is -1.93. The number of hydrogen-bond donors (Lipinski definition) is 0. The molecule has 11 aromatic rings. The van der Waals surface area contributed by atoms with Gasteiger partial charge in [0.15, 0.2) is 11.2 Å². The zero-order chi connectivity index (χ0) is 31.3. The summed E-state index contributed by atoms with van der Waals surface area (Å²) < 4.78 is 13.8. The van der Waals surface area contributed by atoms with E-state index in [0.29, 0.717) is 0 Å². The summed E-state index contributed by atoms with van der Waals surface area (Å²) in [7, 11) is 0. The number of hydrogen-bond acceptors (Lipinski definition) is 4. The average Bonchev–Trinajstić information content (AvgIpc) is 3.16. The van der Waals surface area contributed by atoms with Crippen LogP contribution < -0.4 is 0 Å². The van der Waals surface area contributed by atoms with Crippen molar-refractivity contribution in [1.82, 2.24) is 9.97 Å². The maximum Gasteiger partial charge on any atom is 0.161 e. The van der Waals surface area contributed by atoms with E-state index in [9.17, 15) is 0 Å². The highest BCUT2D eigenvalue weighted by atomic mass is 16.3. The highest BCUT2D eigenvalue weighted by Crippen LogP contribution is 2.49. The van der Waals surface area contributed by atoms with E-state index < -0.39 is 0 Å². The van der Waals surface area contributed by atoms with Crippen LogP contribution in [-0.4, -0.2) is 9.97 Å². The van der Waals surface area contributed by atoms with Gasteiger partial charge in [-0.3, -0.25) is 9.97 Å². The molecule has 0 atom stereocenters. The summed E-state index contributed by atoms with van der Waals surface area (Å²) in [5.41, 5.74) is 9.45. The van der Waals surface area contributed by atoms with Gasteiger partial charge in [0.25, 0.3) is 0 Å². The molecule has 0 aliphatic heterocycles. The van der Waals surface area contributed by atoms with Crippen molar-refractivity contribution in [1.29, 1.82) is 0 Å². The Kier molecular flexibility index (Phi) is 5.08. The molecule has 0 spiro atoms. The highest BCUT2D eigenvalue weighted by Gasteiger charge is 2.24. The fourth-order valence-corrected chi connectivity index (χ4v) is 7.94. The molecular weight excluding hydrogens is 588 g/mol. The van der Waals surface area contributed by atoms with Crippen LogP contribution in [0.25, 0.3) is 109 Å². The fraction of sp³-hybridized carbons (Fsp3) is 0. The SMILES string of the molecule is c1ccc(-c2cc3c(oc4cccc5c4c3c3cccc4oc6c(cc(-c7ccccc7)c7cccnc76)c5c43)c3ncccc23)cc1. The zero-order valence-electron chi connectivity index (χ0n) is 25.6. The van der Waals surface area contributed by atoms with E-state index in [0.717, 1.165) is 109 Å². The van der Waals surface area contributed by atoms with Crippen molar-refractivity contribution in [2.24, 2.45) is 0 Å². The number of rotatable bonds is 2. The Labute approximate surface area is 273 Å². The minimum Gasteiger partial charge on any atom is -0.454 e. The molecule has 0 saturated heterocycles. The summed E-state index contributed by atoms with van der Waals surface area (Å²) in [5, 5.41) is 10.9. The molecule has 0 saturated carbocycles. The number of benzene rings is 7. The topological polar surface area (TPSA) is 52.1 Å². The molecule has 0 radical (unpaired) electrons. The van der Waals surface area contributed by atoms with Crippen molar-refractivity contribution >= 4 is 87.2 Å². The predicted molar refractivity (Wildman–Crippen MR) is 197 cm³/mol. The molecule has 4 heterocycles. The largest absolute Gasteiger partial charge is 0.454 e. The lowest BCUT2D eigenvalue weighted by Gasteiger charge is -2.19. The molecule has 0 amide bonds. The van der Waals surface area contributed by atoms with Gasteiger partial charge in [0.1, 0.15) is 22.2 Å². The van der Waals surface area contributed by atoms with E-state index in [1.165, 1.54) is 0 Å². The number of pyridine rings is 2. The Morgan fingerprint density at radius 1 is 0.354 bits per heavy atom. The zero-order valence-corrected chi connectivity index (χ0v) is 25.6. The second-order valence-electron chi connectivity index (χ2n) is 12.4. The number of nitrogens with zero attached hydrogens (tertiary/aromatic N) is 2. The van der Waals surface area contributed by atoms with Crippen LogP contribution in [0.4, 0.5) is 0 Å². The molecule has 0 bridgehead atoms. The van der Waals surface area contributed by atoms with E-state index in [2.05, 4.69) is 121 Å². The first kappa shape index (κ1) is 25.6. The lowest BCUT2D eigenvalue weighted by molar-refractivity contribution is 0.664. The minimum atomic E-state index is 0.782. The molecule has 4 nitrogen and oxygen atoms in total. The third-order valence-electron chi connectivity index (χ3n) is 9.92. The second kappa shape index (κ2) is 9.50. The first-order valence-electron chi connectivity index (χ1n) is 16.2. The molecular formula is C44H24N2O2. The molecule has 7 aromatic carbocycles. The standard InChI is InChI=1S/C44H24N2O2/c1-3-11-25(12-4-1)31-23-33-37-29-15-7-20-36-40(29)38(30-16-8-19-35(39(30)37)47-43(33)41-27(31)17-9-21-45-41)34-24-32(26-13-5-2-6-14-26)28-18-10-22-46-42(28)44(34)48-36/h1-24H. The van der Waals surface area contributed by atoms with Gasteiger partial charge < -0.3 is 8.83 Å². The van der Waals surface area contributed by atoms with Crippen molar-refractivity contribution in [2.75, 3.05) is 0 Å². The van der Waals surface area contributed by atoms with Gasteiger partial charge in [-0.05, 0) is 69.4 Å². The Bertz CT molecular complexity index is 2890. The van der Waals surface area contributed by atoms with Gasteiger partial charge in [0.05, 0.1) is 0 Å². The molecule has 0 fully saturated rings. The molecule has 0 unspecified atom stereocenters. The molecule has 4 aromatic heterocycles. The first-order chi connectivity index (χ1) is 23.8. The lowest BCUT2D eigenvalue weighted by atomic mass is 9.88. The number of aromatic nitrogens is 2. The Hall–Kier alpha value is -6.52. The monoisotopic (exact) mass is 612 g/mol. The van der Waals surface area contributed by atoms with Gasteiger partial charge in [0.2, 0.25) is 0 Å². The first-order valence-corrected chi connectivity index (χ1v) is 16.2. The molecule has 48 heavy (non-hydrogen) atoms. The van der Waals surface area contributed by atoms with Crippen LogP contribution in [0.5, 0.6) is 0 Å². The Morgan fingerprint density at radius 2 is 0.792 bits per heavy atom. The molecule has 0 aliphatic carbocycles. The summed E-state index contributed by atoms with van der Waals surface area (Å²) in [6.45, 7) is 0. The minimum absolute atomic E-state index is 0.782. The third kappa shape index (κ3) is 3.38. The normalized spacial score (nSPS) is 12.2. The van der Waals surface area contributed by atoms with Crippen molar-refractivity contribution in [3.8, 4) is 22.3 Å². The van der Waals surface area contributed by atoms with E-state index >= 15 is 0 Å². The van der Waals surface area contributed by atoms with Gasteiger partial charge in [-0.1, -0.05) is 97.1 Å². The van der Waals surface area contributed by atoms with Crippen LogP contribution in [0.1, 0.15) is 0 Å². The fourth-order valence-electron chi connectivity index (χ4n) is 7.94. The summed E-state index contributed by atoms with van der Waals surface area (Å²) >= 11 is 0. The second-order valence-corrected chi connectivity index (χ2v) is 12.4. The summed E-state index contributed by atoms with van der Waals surface area (Å²) in [5.74, 6) is 0. The van der Waals surface area contributed by atoms with E-state index in [4.69, 9.17) is 18.8 Å². The molecule has 0 N–H and O–H groups in total. The van der Waals surface area contributed by atoms with E-state index in [1.807, 2.05) is 24.5 Å². The summed E-state index contributed by atoms with van der Waals surface area (Å²) in [6, 6.07) is 46.7. The Morgan fingerprint density at radius 3 is 1.25 bits per heavy atom. The summed E-state index contributed by atoms with van der Waals surface area (Å²) in [4.78, 5) is 9.80. The quantitative estimate of drug-likeness (QED) is 0.144. The van der Waals surface area contributed by atoms with Gasteiger partial charge in [-0.2, -0.15) is 0 Å². The van der Waals surface area contributed by atoms with Crippen LogP contribution in [0, 0.1) is 0 Å². The smallest absolute Gasteiger partial charge is 0.161 e. The highest BCUT2D eigenvalue weighted by molar-refractivity contribution is 6.41. The van der Waals surface area contributed by atoms with Crippen molar-refractivity contribution in [3.63, 3.8) is 0 Å². The molecule has 0 aliphatic rings.